The van der Waals surface area contributed by atoms with Crippen LogP contribution in [-0.2, 0) is 10.0 Å². The molecule has 0 bridgehead atoms. The smallest absolute Gasteiger partial charge is 0.273 e. The van der Waals surface area contributed by atoms with Gasteiger partial charge in [0.1, 0.15) is 0 Å². The fourth-order valence-electron chi connectivity index (χ4n) is 2.21. The lowest BCUT2D eigenvalue weighted by Crippen LogP contribution is -2.18. The lowest BCUT2D eigenvalue weighted by molar-refractivity contribution is 0.567. The summed E-state index contributed by atoms with van der Waals surface area (Å²) < 4.78 is 24.9. The Labute approximate surface area is 117 Å². The molecule has 1 fully saturated rings. The number of aromatic nitrogens is 3. The largest absolute Gasteiger partial charge is 0.294 e. The maximum absolute atomic E-state index is 11.6. The summed E-state index contributed by atoms with van der Waals surface area (Å²) in [5.41, 5.74) is 3.17. The third-order valence-corrected chi connectivity index (χ3v) is 4.38. The van der Waals surface area contributed by atoms with Crippen molar-refractivity contribution in [1.29, 1.82) is 0 Å². The number of hydrogen-bond donors (Lipinski definition) is 1. The number of sulfonamides is 1. The molecule has 106 valence electrons. The van der Waals surface area contributed by atoms with Crippen LogP contribution in [0.1, 0.15) is 30.0 Å². The first-order valence-corrected chi connectivity index (χ1v) is 7.98. The minimum absolute atomic E-state index is 0.134. The molecule has 0 unspecified atom stereocenters. The van der Waals surface area contributed by atoms with Crippen molar-refractivity contribution in [2.45, 2.75) is 37.9 Å². The Morgan fingerprint density at radius 2 is 1.90 bits per heavy atom. The molecule has 2 aromatic rings. The zero-order valence-electron chi connectivity index (χ0n) is 11.4. The van der Waals surface area contributed by atoms with E-state index >= 15 is 0 Å². The van der Waals surface area contributed by atoms with Crippen LogP contribution in [0, 0.1) is 13.8 Å². The molecule has 0 amide bonds. The topological polar surface area (TPSA) is 90.9 Å². The normalized spacial score (nSPS) is 15.6. The van der Waals surface area contributed by atoms with Gasteiger partial charge in [0.05, 0.1) is 0 Å². The van der Waals surface area contributed by atoms with Crippen molar-refractivity contribution in [3.05, 3.63) is 29.3 Å². The van der Waals surface area contributed by atoms with Gasteiger partial charge in [0, 0.05) is 11.6 Å². The fourth-order valence-corrected chi connectivity index (χ4v) is 2.87. The lowest BCUT2D eigenvalue weighted by atomic mass is 10.1. The lowest BCUT2D eigenvalue weighted by Gasteiger charge is -2.09. The summed E-state index contributed by atoms with van der Waals surface area (Å²) in [6, 6.07) is 6.05. The third kappa shape index (κ3) is 2.23. The average molecular weight is 292 g/mol. The van der Waals surface area contributed by atoms with Crippen LogP contribution in [0.4, 0.5) is 0 Å². The van der Waals surface area contributed by atoms with Crippen molar-refractivity contribution < 1.29 is 8.42 Å². The molecule has 0 atom stereocenters. The Morgan fingerprint density at radius 1 is 1.20 bits per heavy atom. The van der Waals surface area contributed by atoms with E-state index in [-0.39, 0.29) is 11.2 Å². The van der Waals surface area contributed by atoms with Crippen molar-refractivity contribution >= 4 is 10.0 Å². The molecule has 1 saturated carbocycles. The second kappa shape index (κ2) is 4.39. The molecule has 0 aliphatic heterocycles. The summed E-state index contributed by atoms with van der Waals surface area (Å²) in [6.07, 6.45) is 1.86. The number of nitrogens with zero attached hydrogens (tertiary/aromatic N) is 3. The van der Waals surface area contributed by atoms with Gasteiger partial charge in [0.15, 0.2) is 5.82 Å². The number of aryl methyl sites for hydroxylation is 2. The van der Waals surface area contributed by atoms with Gasteiger partial charge in [-0.1, -0.05) is 12.1 Å². The van der Waals surface area contributed by atoms with Crippen molar-refractivity contribution in [3.63, 3.8) is 0 Å². The summed E-state index contributed by atoms with van der Waals surface area (Å²) in [6.45, 7) is 4.04. The van der Waals surface area contributed by atoms with Crippen LogP contribution >= 0.6 is 0 Å². The van der Waals surface area contributed by atoms with Gasteiger partial charge in [0.2, 0.25) is 0 Å². The standard InChI is InChI=1S/C13H16N4O2S/c1-8-3-4-10(7-9(8)2)12-15-16-13(20(14,18)19)17(12)11-5-6-11/h3-4,7,11H,5-6H2,1-2H3,(H2,14,18,19). The maximum Gasteiger partial charge on any atom is 0.273 e. The number of primary sulfonamides is 1. The van der Waals surface area contributed by atoms with Gasteiger partial charge in [0.25, 0.3) is 15.2 Å². The van der Waals surface area contributed by atoms with Gasteiger partial charge >= 0.3 is 0 Å². The predicted molar refractivity (Wildman–Crippen MR) is 74.6 cm³/mol. The van der Waals surface area contributed by atoms with E-state index in [0.717, 1.165) is 24.0 Å². The van der Waals surface area contributed by atoms with E-state index in [1.54, 1.807) is 4.57 Å². The molecule has 1 aromatic carbocycles. The van der Waals surface area contributed by atoms with Crippen LogP contribution in [0.2, 0.25) is 0 Å². The van der Waals surface area contributed by atoms with Crippen LogP contribution in [0.5, 0.6) is 0 Å². The highest BCUT2D eigenvalue weighted by Crippen LogP contribution is 2.39. The van der Waals surface area contributed by atoms with Crippen LogP contribution < -0.4 is 5.14 Å². The first kappa shape index (κ1) is 13.3. The summed E-state index contributed by atoms with van der Waals surface area (Å²) in [4.78, 5) is 0. The molecule has 0 spiro atoms. The van der Waals surface area contributed by atoms with Crippen molar-refractivity contribution in [2.75, 3.05) is 0 Å². The van der Waals surface area contributed by atoms with E-state index in [0.29, 0.717) is 5.82 Å². The van der Waals surface area contributed by atoms with Crippen LogP contribution in [0.25, 0.3) is 11.4 Å². The van der Waals surface area contributed by atoms with E-state index in [4.69, 9.17) is 5.14 Å². The average Bonchev–Trinajstić information content (AvgIpc) is 3.10. The van der Waals surface area contributed by atoms with Crippen LogP contribution in [0.15, 0.2) is 23.4 Å². The van der Waals surface area contributed by atoms with Gasteiger partial charge in [-0.2, -0.15) is 0 Å². The monoisotopic (exact) mass is 292 g/mol. The van der Waals surface area contributed by atoms with Gasteiger partial charge in [-0.15, -0.1) is 10.2 Å². The van der Waals surface area contributed by atoms with Gasteiger partial charge in [-0.05, 0) is 43.9 Å². The predicted octanol–water partition coefficient (Wildman–Crippen LogP) is 1.54. The minimum Gasteiger partial charge on any atom is -0.294 e. The van der Waals surface area contributed by atoms with Crippen LogP contribution in [-0.4, -0.2) is 23.2 Å². The van der Waals surface area contributed by atoms with Gasteiger partial charge in [-0.3, -0.25) is 4.57 Å². The highest BCUT2D eigenvalue weighted by Gasteiger charge is 2.33. The van der Waals surface area contributed by atoms with E-state index in [2.05, 4.69) is 10.2 Å². The molecule has 1 aromatic heterocycles. The zero-order chi connectivity index (χ0) is 14.5. The number of hydrogen-bond acceptors (Lipinski definition) is 4. The Balaban J connectivity index is 2.19. The molecule has 20 heavy (non-hydrogen) atoms. The number of benzene rings is 1. The van der Waals surface area contributed by atoms with Gasteiger partial charge in [-0.25, -0.2) is 13.6 Å². The molecule has 7 heteroatoms. The van der Waals surface area contributed by atoms with Crippen molar-refractivity contribution in [1.82, 2.24) is 14.8 Å². The number of nitrogens with two attached hydrogens (primary N) is 1. The molecular weight excluding hydrogens is 276 g/mol. The summed E-state index contributed by atoms with van der Waals surface area (Å²) in [5, 5.41) is 12.9. The zero-order valence-corrected chi connectivity index (χ0v) is 12.2. The van der Waals surface area contributed by atoms with Crippen molar-refractivity contribution in [3.8, 4) is 11.4 Å². The minimum atomic E-state index is -3.85. The SMILES string of the molecule is Cc1ccc(-c2nnc(S(N)(=O)=O)n2C2CC2)cc1C. The highest BCUT2D eigenvalue weighted by molar-refractivity contribution is 7.89. The molecule has 1 aliphatic carbocycles. The van der Waals surface area contributed by atoms with E-state index in [1.165, 1.54) is 5.56 Å². The maximum atomic E-state index is 11.6. The summed E-state index contributed by atoms with van der Waals surface area (Å²) in [7, 11) is -3.85. The van der Waals surface area contributed by atoms with E-state index < -0.39 is 10.0 Å². The second-order valence-corrected chi connectivity index (χ2v) is 6.71. The quantitative estimate of drug-likeness (QED) is 0.929. The summed E-state index contributed by atoms with van der Waals surface area (Å²) >= 11 is 0. The Bertz CT molecular complexity index is 776. The highest BCUT2D eigenvalue weighted by atomic mass is 32.2. The van der Waals surface area contributed by atoms with Crippen molar-refractivity contribution in [2.24, 2.45) is 5.14 Å². The molecule has 1 heterocycles. The van der Waals surface area contributed by atoms with Crippen LogP contribution in [0.3, 0.4) is 0 Å². The molecule has 0 radical (unpaired) electrons. The fraction of sp³-hybridized carbons (Fsp3) is 0.385. The third-order valence-electron chi connectivity index (χ3n) is 3.60. The molecule has 0 saturated heterocycles. The Morgan fingerprint density at radius 3 is 2.45 bits per heavy atom. The van der Waals surface area contributed by atoms with E-state index in [9.17, 15) is 8.42 Å². The Kier molecular flexibility index (Phi) is 2.91. The second-order valence-electron chi connectivity index (χ2n) is 5.25. The first-order valence-electron chi connectivity index (χ1n) is 6.43. The first-order chi connectivity index (χ1) is 9.38. The molecule has 2 N–H and O–H groups in total. The molecular formula is C13H16N4O2S. The molecule has 6 nitrogen and oxygen atoms in total. The summed E-state index contributed by atoms with van der Waals surface area (Å²) in [5.74, 6) is 0.569. The number of rotatable bonds is 3. The van der Waals surface area contributed by atoms with Gasteiger partial charge < -0.3 is 0 Å². The van der Waals surface area contributed by atoms with E-state index in [1.807, 2.05) is 32.0 Å². The Hall–Kier alpha value is -1.73. The molecule has 1 aliphatic rings. The molecule has 3 rings (SSSR count).